The summed E-state index contributed by atoms with van der Waals surface area (Å²) in [6.07, 6.45) is 3.47. The van der Waals surface area contributed by atoms with E-state index in [0.717, 1.165) is 17.0 Å². The molecule has 2 N–H and O–H groups in total. The lowest BCUT2D eigenvalue weighted by atomic mass is 10.1. The van der Waals surface area contributed by atoms with Crippen molar-refractivity contribution < 1.29 is 0 Å². The Bertz CT molecular complexity index is 536. The molecule has 0 aliphatic carbocycles. The quantitative estimate of drug-likeness (QED) is 0.845. The van der Waals surface area contributed by atoms with Crippen LogP contribution < -0.4 is 5.73 Å². The van der Waals surface area contributed by atoms with Crippen LogP contribution in [0.2, 0.25) is 0 Å². The number of hydrogen-bond donors (Lipinski definition) is 1. The Kier molecular flexibility index (Phi) is 3.10. The lowest BCUT2D eigenvalue weighted by Crippen LogP contribution is -2.09. The number of aryl methyl sites for hydroxylation is 2. The monoisotopic (exact) mass is 229 g/mol. The highest BCUT2D eigenvalue weighted by Crippen LogP contribution is 2.16. The number of nitrogens with two attached hydrogens (primary N) is 1. The van der Waals surface area contributed by atoms with Crippen molar-refractivity contribution >= 4 is 0 Å². The van der Waals surface area contributed by atoms with Gasteiger partial charge in [0.05, 0.1) is 0 Å². The lowest BCUT2D eigenvalue weighted by Gasteiger charge is -2.09. The van der Waals surface area contributed by atoms with Crippen LogP contribution >= 0.6 is 0 Å². The number of hydrogen-bond acceptors (Lipinski definition) is 5. The van der Waals surface area contributed by atoms with Crippen molar-refractivity contribution in [2.75, 3.05) is 0 Å². The summed E-state index contributed by atoms with van der Waals surface area (Å²) in [5, 5.41) is 0. The van der Waals surface area contributed by atoms with E-state index in [0.29, 0.717) is 11.6 Å². The predicted octanol–water partition coefficient (Wildman–Crippen LogP) is 1.57. The Hall–Kier alpha value is -1.88. The van der Waals surface area contributed by atoms with Gasteiger partial charge in [-0.05, 0) is 26.8 Å². The van der Waals surface area contributed by atoms with E-state index in [1.165, 1.54) is 0 Å². The topological polar surface area (TPSA) is 77.6 Å². The van der Waals surface area contributed by atoms with Gasteiger partial charge in [0.25, 0.3) is 0 Å². The van der Waals surface area contributed by atoms with Gasteiger partial charge in [-0.1, -0.05) is 0 Å². The van der Waals surface area contributed by atoms with Crippen LogP contribution in [-0.4, -0.2) is 19.9 Å². The first-order valence-corrected chi connectivity index (χ1v) is 5.47. The molecule has 0 spiro atoms. The minimum Gasteiger partial charge on any atom is -0.324 e. The first-order chi connectivity index (χ1) is 8.08. The van der Waals surface area contributed by atoms with Crippen molar-refractivity contribution in [1.29, 1.82) is 0 Å². The Morgan fingerprint density at radius 3 is 2.53 bits per heavy atom. The molecule has 0 saturated heterocycles. The largest absolute Gasteiger partial charge is 0.324 e. The molecule has 2 aromatic rings. The Labute approximate surface area is 100 Å². The summed E-state index contributed by atoms with van der Waals surface area (Å²) in [6.45, 7) is 5.69. The smallest absolute Gasteiger partial charge is 0.178 e. The molecule has 0 unspecified atom stereocenters. The van der Waals surface area contributed by atoms with E-state index < -0.39 is 0 Å². The van der Waals surface area contributed by atoms with Crippen LogP contribution in [0.1, 0.15) is 30.0 Å². The molecule has 2 heterocycles. The van der Waals surface area contributed by atoms with Crippen molar-refractivity contribution in [2.45, 2.75) is 26.8 Å². The maximum absolute atomic E-state index is 5.82. The van der Waals surface area contributed by atoms with Crippen LogP contribution in [0.15, 0.2) is 18.5 Å². The first-order valence-electron chi connectivity index (χ1n) is 5.47. The van der Waals surface area contributed by atoms with E-state index in [1.54, 1.807) is 18.5 Å². The molecule has 88 valence electrons. The second-order valence-corrected chi connectivity index (χ2v) is 4.01. The Morgan fingerprint density at radius 1 is 1.18 bits per heavy atom. The molecule has 0 bridgehead atoms. The molecule has 2 aromatic heterocycles. The molecular formula is C12H15N5. The van der Waals surface area contributed by atoms with Gasteiger partial charge in [0.2, 0.25) is 0 Å². The van der Waals surface area contributed by atoms with Gasteiger partial charge in [0.1, 0.15) is 11.5 Å². The summed E-state index contributed by atoms with van der Waals surface area (Å²) in [4.78, 5) is 17.1. The third kappa shape index (κ3) is 2.45. The SMILES string of the molecule is Cc1nccc(-c2ncc([C@@H](C)N)c(C)n2)n1. The summed E-state index contributed by atoms with van der Waals surface area (Å²) in [7, 11) is 0. The average Bonchev–Trinajstić information content (AvgIpc) is 2.28. The molecule has 1 atom stereocenters. The van der Waals surface area contributed by atoms with Gasteiger partial charge >= 0.3 is 0 Å². The first kappa shape index (κ1) is 11.6. The fourth-order valence-corrected chi connectivity index (χ4v) is 1.63. The molecule has 17 heavy (non-hydrogen) atoms. The average molecular weight is 229 g/mol. The predicted molar refractivity (Wildman–Crippen MR) is 65.1 cm³/mol. The zero-order valence-electron chi connectivity index (χ0n) is 10.2. The molecule has 0 saturated carbocycles. The molecule has 0 aliphatic heterocycles. The van der Waals surface area contributed by atoms with E-state index in [2.05, 4.69) is 19.9 Å². The maximum atomic E-state index is 5.82. The van der Waals surface area contributed by atoms with Crippen LogP contribution in [0, 0.1) is 13.8 Å². The zero-order chi connectivity index (χ0) is 12.4. The van der Waals surface area contributed by atoms with Crippen LogP contribution in [0.3, 0.4) is 0 Å². The van der Waals surface area contributed by atoms with E-state index in [-0.39, 0.29) is 6.04 Å². The number of nitrogens with zero attached hydrogens (tertiary/aromatic N) is 4. The van der Waals surface area contributed by atoms with Crippen LogP contribution in [0.25, 0.3) is 11.5 Å². The fourth-order valence-electron chi connectivity index (χ4n) is 1.63. The number of rotatable bonds is 2. The maximum Gasteiger partial charge on any atom is 0.178 e. The minimum atomic E-state index is -0.0591. The van der Waals surface area contributed by atoms with E-state index in [4.69, 9.17) is 5.73 Å². The highest BCUT2D eigenvalue weighted by atomic mass is 14.9. The summed E-state index contributed by atoms with van der Waals surface area (Å²) in [5.74, 6) is 1.32. The Morgan fingerprint density at radius 2 is 1.94 bits per heavy atom. The van der Waals surface area contributed by atoms with Crippen LogP contribution in [0.4, 0.5) is 0 Å². The molecule has 5 nitrogen and oxygen atoms in total. The van der Waals surface area contributed by atoms with Crippen molar-refractivity contribution in [2.24, 2.45) is 5.73 Å². The number of aromatic nitrogens is 4. The zero-order valence-corrected chi connectivity index (χ0v) is 10.2. The summed E-state index contributed by atoms with van der Waals surface area (Å²) >= 11 is 0. The summed E-state index contributed by atoms with van der Waals surface area (Å²) in [5.41, 5.74) is 8.40. The van der Waals surface area contributed by atoms with Crippen LogP contribution in [-0.2, 0) is 0 Å². The molecule has 0 amide bonds. The Balaban J connectivity index is 2.44. The molecule has 0 aliphatic rings. The highest BCUT2D eigenvalue weighted by Gasteiger charge is 2.09. The molecule has 0 radical (unpaired) electrons. The highest BCUT2D eigenvalue weighted by molar-refractivity contribution is 5.48. The molecule has 0 fully saturated rings. The van der Waals surface area contributed by atoms with E-state index in [9.17, 15) is 0 Å². The van der Waals surface area contributed by atoms with Gasteiger partial charge in [-0.15, -0.1) is 0 Å². The summed E-state index contributed by atoms with van der Waals surface area (Å²) < 4.78 is 0. The third-order valence-electron chi connectivity index (χ3n) is 2.51. The molecule has 2 rings (SSSR count). The van der Waals surface area contributed by atoms with Crippen molar-refractivity contribution in [3.63, 3.8) is 0 Å². The van der Waals surface area contributed by atoms with Crippen molar-refractivity contribution in [1.82, 2.24) is 19.9 Å². The van der Waals surface area contributed by atoms with Crippen molar-refractivity contribution in [3.8, 4) is 11.5 Å². The van der Waals surface area contributed by atoms with Gasteiger partial charge in [0.15, 0.2) is 5.82 Å². The van der Waals surface area contributed by atoms with E-state index in [1.807, 2.05) is 20.8 Å². The second-order valence-electron chi connectivity index (χ2n) is 4.01. The molecule has 5 heteroatoms. The molecule has 0 aromatic carbocycles. The van der Waals surface area contributed by atoms with Gasteiger partial charge in [-0.2, -0.15) is 0 Å². The lowest BCUT2D eigenvalue weighted by molar-refractivity contribution is 0.789. The van der Waals surface area contributed by atoms with Crippen LogP contribution in [0.5, 0.6) is 0 Å². The van der Waals surface area contributed by atoms with Gasteiger partial charge in [-0.3, -0.25) is 0 Å². The second kappa shape index (κ2) is 4.55. The normalized spacial score (nSPS) is 12.5. The van der Waals surface area contributed by atoms with Gasteiger partial charge in [-0.25, -0.2) is 19.9 Å². The molecular weight excluding hydrogens is 214 g/mol. The summed E-state index contributed by atoms with van der Waals surface area (Å²) in [6, 6.07) is 1.74. The van der Waals surface area contributed by atoms with E-state index >= 15 is 0 Å². The van der Waals surface area contributed by atoms with Gasteiger partial charge < -0.3 is 5.73 Å². The standard InChI is InChI=1S/C12H15N5/c1-7(13)10-6-15-12(16-8(10)2)11-4-5-14-9(3)17-11/h4-7H,13H2,1-3H3/t7-/m1/s1. The minimum absolute atomic E-state index is 0.0591. The van der Waals surface area contributed by atoms with Gasteiger partial charge in [0, 0.05) is 29.7 Å². The third-order valence-corrected chi connectivity index (χ3v) is 2.51. The fraction of sp³-hybridized carbons (Fsp3) is 0.333. The van der Waals surface area contributed by atoms with Crippen molar-refractivity contribution in [3.05, 3.63) is 35.5 Å².